The lowest BCUT2D eigenvalue weighted by molar-refractivity contribution is -0.126. The van der Waals surface area contributed by atoms with Crippen LogP contribution < -0.4 is 0 Å². The van der Waals surface area contributed by atoms with Crippen molar-refractivity contribution in [1.29, 1.82) is 0 Å². The first kappa shape index (κ1) is 19.3. The predicted octanol–water partition coefficient (Wildman–Crippen LogP) is 2.65. The van der Waals surface area contributed by atoms with Crippen molar-refractivity contribution in [3.05, 3.63) is 41.5 Å². The van der Waals surface area contributed by atoms with Crippen molar-refractivity contribution >= 4 is 21.3 Å². The smallest absolute Gasteiger partial charge is 0.246 e. The van der Waals surface area contributed by atoms with Crippen molar-refractivity contribution < 1.29 is 22.0 Å². The molecule has 0 heterocycles. The van der Waals surface area contributed by atoms with E-state index in [0.717, 1.165) is 18.4 Å². The molecule has 0 aliphatic heterocycles. The Labute approximate surface area is 135 Å². The van der Waals surface area contributed by atoms with Crippen LogP contribution >= 0.6 is 0 Å². The van der Waals surface area contributed by atoms with Gasteiger partial charge in [0.1, 0.15) is 11.6 Å². The summed E-state index contributed by atoms with van der Waals surface area (Å²) in [5.74, 6) is -1.90. The summed E-state index contributed by atoms with van der Waals surface area (Å²) in [7, 11) is -1.80. The SMILES string of the molecule is C/C(=C\C(=O)N(C)[C@@H](C)[C@@H](C)S(C)(=O)=O)c1ccc(F)cc1F. The normalized spacial score (nSPS) is 15.2. The number of amides is 1. The molecular weight excluding hydrogens is 324 g/mol. The molecule has 0 unspecified atom stereocenters. The summed E-state index contributed by atoms with van der Waals surface area (Å²) >= 11 is 0. The summed E-state index contributed by atoms with van der Waals surface area (Å²) in [5.41, 5.74) is 0.454. The topological polar surface area (TPSA) is 54.5 Å². The highest BCUT2D eigenvalue weighted by molar-refractivity contribution is 7.91. The fraction of sp³-hybridized carbons (Fsp3) is 0.438. The molecule has 0 fully saturated rings. The molecule has 0 N–H and O–H groups in total. The third kappa shape index (κ3) is 4.86. The number of hydrogen-bond donors (Lipinski definition) is 0. The van der Waals surface area contributed by atoms with E-state index >= 15 is 0 Å². The number of rotatable bonds is 5. The van der Waals surface area contributed by atoms with Crippen LogP contribution in [0.1, 0.15) is 26.3 Å². The van der Waals surface area contributed by atoms with E-state index in [0.29, 0.717) is 5.57 Å². The minimum Gasteiger partial charge on any atom is -0.338 e. The van der Waals surface area contributed by atoms with Crippen LogP contribution in [0.3, 0.4) is 0 Å². The largest absolute Gasteiger partial charge is 0.338 e. The zero-order valence-electron chi connectivity index (χ0n) is 13.8. The average Bonchev–Trinajstić information content (AvgIpc) is 2.43. The summed E-state index contributed by atoms with van der Waals surface area (Å²) in [5, 5.41) is -0.729. The van der Waals surface area contributed by atoms with Gasteiger partial charge < -0.3 is 4.90 Å². The van der Waals surface area contributed by atoms with Crippen LogP contribution in [0.2, 0.25) is 0 Å². The van der Waals surface area contributed by atoms with Crippen LogP contribution in [0.15, 0.2) is 24.3 Å². The monoisotopic (exact) mass is 345 g/mol. The number of allylic oxidation sites excluding steroid dienone is 1. The molecule has 1 aromatic rings. The maximum Gasteiger partial charge on any atom is 0.246 e. The van der Waals surface area contributed by atoms with Crippen molar-refractivity contribution in [3.8, 4) is 0 Å². The minimum absolute atomic E-state index is 0.122. The molecule has 0 aliphatic carbocycles. The average molecular weight is 345 g/mol. The fourth-order valence-electron chi connectivity index (χ4n) is 2.05. The second-order valence-corrected chi connectivity index (χ2v) is 8.08. The lowest BCUT2D eigenvalue weighted by Crippen LogP contribution is -2.43. The number of halogens is 2. The Bertz CT molecular complexity index is 729. The highest BCUT2D eigenvalue weighted by Crippen LogP contribution is 2.19. The van der Waals surface area contributed by atoms with Gasteiger partial charge in [0, 0.05) is 37.1 Å². The molecule has 4 nitrogen and oxygen atoms in total. The summed E-state index contributed by atoms with van der Waals surface area (Å²) in [6.45, 7) is 4.69. The lowest BCUT2D eigenvalue weighted by Gasteiger charge is -2.28. The van der Waals surface area contributed by atoms with Gasteiger partial charge in [-0.3, -0.25) is 4.79 Å². The molecule has 0 radical (unpaired) electrons. The molecule has 2 atom stereocenters. The number of benzene rings is 1. The van der Waals surface area contributed by atoms with Crippen LogP contribution in [-0.4, -0.2) is 43.8 Å². The van der Waals surface area contributed by atoms with Gasteiger partial charge in [0.15, 0.2) is 9.84 Å². The Balaban J connectivity index is 3.00. The van der Waals surface area contributed by atoms with Gasteiger partial charge in [-0.1, -0.05) is 0 Å². The zero-order valence-corrected chi connectivity index (χ0v) is 14.6. The summed E-state index contributed by atoms with van der Waals surface area (Å²) in [4.78, 5) is 13.5. The van der Waals surface area contributed by atoms with Gasteiger partial charge in [-0.2, -0.15) is 0 Å². The Morgan fingerprint density at radius 1 is 1.26 bits per heavy atom. The third-order valence-electron chi connectivity index (χ3n) is 4.01. The lowest BCUT2D eigenvalue weighted by atomic mass is 10.1. The van der Waals surface area contributed by atoms with Crippen LogP contribution in [0.25, 0.3) is 5.57 Å². The molecule has 0 spiro atoms. The third-order valence-corrected chi connectivity index (χ3v) is 5.75. The second kappa shape index (κ2) is 7.21. The highest BCUT2D eigenvalue weighted by Gasteiger charge is 2.27. The summed E-state index contributed by atoms with van der Waals surface area (Å²) < 4.78 is 49.8. The standard InChI is InChI=1S/C16H21F2NO3S/c1-10(14-7-6-13(17)9-15(14)18)8-16(20)19(4)11(2)12(3)23(5,21)22/h6-9,11-12H,1-5H3/b10-8+/t11-,12+/m0/s1. The molecule has 23 heavy (non-hydrogen) atoms. The molecule has 1 aromatic carbocycles. The van der Waals surface area contributed by atoms with Crippen molar-refractivity contribution in [1.82, 2.24) is 4.90 Å². The van der Waals surface area contributed by atoms with E-state index in [1.807, 2.05) is 0 Å². The van der Waals surface area contributed by atoms with Gasteiger partial charge >= 0.3 is 0 Å². The first-order chi connectivity index (χ1) is 10.4. The Hall–Kier alpha value is -1.76. The van der Waals surface area contributed by atoms with E-state index in [-0.39, 0.29) is 5.56 Å². The van der Waals surface area contributed by atoms with Gasteiger partial charge in [-0.25, -0.2) is 17.2 Å². The Morgan fingerprint density at radius 2 is 1.83 bits per heavy atom. The fourth-order valence-corrected chi connectivity index (χ4v) is 2.95. The van der Waals surface area contributed by atoms with E-state index in [4.69, 9.17) is 0 Å². The number of carbonyl (C=O) groups excluding carboxylic acids is 1. The number of likely N-dealkylation sites (N-methyl/N-ethyl adjacent to an activating group) is 1. The molecule has 0 saturated heterocycles. The van der Waals surface area contributed by atoms with Gasteiger partial charge in [0.2, 0.25) is 5.91 Å². The van der Waals surface area contributed by atoms with Gasteiger partial charge in [0.25, 0.3) is 0 Å². The van der Waals surface area contributed by atoms with Crippen molar-refractivity contribution in [3.63, 3.8) is 0 Å². The zero-order chi connectivity index (χ0) is 17.9. The van der Waals surface area contributed by atoms with E-state index in [2.05, 4.69) is 0 Å². The van der Waals surface area contributed by atoms with Crippen LogP contribution in [0, 0.1) is 11.6 Å². The molecule has 128 valence electrons. The van der Waals surface area contributed by atoms with Gasteiger partial charge in [-0.15, -0.1) is 0 Å². The predicted molar refractivity (Wildman–Crippen MR) is 86.5 cm³/mol. The Kier molecular flexibility index (Phi) is 6.04. The molecular formula is C16H21F2NO3S. The van der Waals surface area contributed by atoms with Crippen molar-refractivity contribution in [2.75, 3.05) is 13.3 Å². The molecule has 0 bridgehead atoms. The summed E-state index contributed by atoms with van der Waals surface area (Å²) in [6.07, 6.45) is 2.32. The molecule has 0 saturated carbocycles. The molecule has 1 amide bonds. The maximum atomic E-state index is 13.7. The van der Waals surface area contributed by atoms with E-state index in [1.165, 1.54) is 37.9 Å². The van der Waals surface area contributed by atoms with E-state index in [1.54, 1.807) is 6.92 Å². The summed E-state index contributed by atoms with van der Waals surface area (Å²) in [6, 6.07) is 2.57. The van der Waals surface area contributed by atoms with Gasteiger partial charge in [-0.05, 0) is 38.5 Å². The first-order valence-corrected chi connectivity index (χ1v) is 9.00. The Morgan fingerprint density at radius 3 is 2.30 bits per heavy atom. The van der Waals surface area contributed by atoms with Crippen LogP contribution in [0.5, 0.6) is 0 Å². The van der Waals surface area contributed by atoms with Gasteiger partial charge in [0.05, 0.1) is 5.25 Å². The molecule has 0 aromatic heterocycles. The molecule has 1 rings (SSSR count). The second-order valence-electron chi connectivity index (χ2n) is 5.68. The first-order valence-electron chi connectivity index (χ1n) is 7.04. The van der Waals surface area contributed by atoms with Crippen molar-refractivity contribution in [2.45, 2.75) is 32.1 Å². The number of hydrogen-bond acceptors (Lipinski definition) is 3. The highest BCUT2D eigenvalue weighted by atomic mass is 32.2. The maximum absolute atomic E-state index is 13.7. The number of sulfone groups is 1. The number of carbonyl (C=O) groups is 1. The minimum atomic E-state index is -3.29. The number of nitrogens with zero attached hydrogens (tertiary/aromatic N) is 1. The molecule has 7 heteroatoms. The van der Waals surface area contributed by atoms with Crippen molar-refractivity contribution in [2.24, 2.45) is 0 Å². The molecule has 0 aliphatic rings. The van der Waals surface area contributed by atoms with E-state index < -0.39 is 38.7 Å². The quantitative estimate of drug-likeness (QED) is 0.771. The van der Waals surface area contributed by atoms with Crippen LogP contribution in [0.4, 0.5) is 8.78 Å². The van der Waals surface area contributed by atoms with Crippen LogP contribution in [-0.2, 0) is 14.6 Å². The van der Waals surface area contributed by atoms with E-state index in [9.17, 15) is 22.0 Å².